The third-order valence-electron chi connectivity index (χ3n) is 6.24. The topological polar surface area (TPSA) is 65.5 Å². The molecule has 0 radical (unpaired) electrons. The van der Waals surface area contributed by atoms with Gasteiger partial charge in [-0.25, -0.2) is 4.98 Å². The number of aromatic nitrogens is 1. The first-order valence-corrected chi connectivity index (χ1v) is 12.3. The highest BCUT2D eigenvalue weighted by Gasteiger charge is 2.29. The summed E-state index contributed by atoms with van der Waals surface area (Å²) in [5.41, 5.74) is 3.00. The van der Waals surface area contributed by atoms with E-state index in [9.17, 15) is 9.59 Å². The zero-order chi connectivity index (χ0) is 21.6. The first kappa shape index (κ1) is 22.0. The molecular formula is C24H32N4O2S. The summed E-state index contributed by atoms with van der Waals surface area (Å²) < 4.78 is 0. The van der Waals surface area contributed by atoms with E-state index >= 15 is 0 Å². The fraction of sp³-hybridized carbons (Fsp3) is 0.542. The lowest BCUT2D eigenvalue weighted by atomic mass is 9.94. The van der Waals surface area contributed by atoms with E-state index in [1.54, 1.807) is 11.3 Å². The minimum atomic E-state index is -0.0400. The Balaban J connectivity index is 1.21. The van der Waals surface area contributed by atoms with Crippen LogP contribution in [0.5, 0.6) is 0 Å². The largest absolute Gasteiger partial charge is 0.342 e. The molecule has 0 unspecified atom stereocenters. The van der Waals surface area contributed by atoms with Crippen molar-refractivity contribution in [2.75, 3.05) is 31.5 Å². The maximum Gasteiger partial charge on any atom is 0.231 e. The molecule has 2 saturated heterocycles. The second-order valence-corrected chi connectivity index (χ2v) is 9.70. The van der Waals surface area contributed by atoms with Crippen LogP contribution in [0.2, 0.25) is 0 Å². The van der Waals surface area contributed by atoms with Crippen LogP contribution in [0.25, 0.3) is 0 Å². The van der Waals surface area contributed by atoms with Crippen LogP contribution >= 0.6 is 11.3 Å². The summed E-state index contributed by atoms with van der Waals surface area (Å²) >= 11 is 1.54. The van der Waals surface area contributed by atoms with Crippen molar-refractivity contribution < 1.29 is 9.59 Å². The van der Waals surface area contributed by atoms with E-state index in [0.717, 1.165) is 74.8 Å². The first-order valence-electron chi connectivity index (χ1n) is 11.4. The quantitative estimate of drug-likeness (QED) is 0.741. The summed E-state index contributed by atoms with van der Waals surface area (Å²) in [5, 5.41) is 5.83. The second kappa shape index (κ2) is 10.4. The number of benzene rings is 1. The van der Waals surface area contributed by atoms with Crippen LogP contribution in [0.1, 0.15) is 48.4 Å². The SMILES string of the molecule is Cc1ccc(NC(=O)Cc2nc(CN3CCC(C(=O)N4CCCCC4)CC3)cs2)cc1. The summed E-state index contributed by atoms with van der Waals surface area (Å²) in [4.78, 5) is 34.2. The van der Waals surface area contributed by atoms with Gasteiger partial charge in [-0.3, -0.25) is 14.5 Å². The van der Waals surface area contributed by atoms with Crippen LogP contribution in [-0.4, -0.2) is 52.8 Å². The fourth-order valence-corrected chi connectivity index (χ4v) is 5.21. The molecule has 4 rings (SSSR count). The van der Waals surface area contributed by atoms with Crippen molar-refractivity contribution in [3.8, 4) is 0 Å². The van der Waals surface area contributed by atoms with Crippen molar-refractivity contribution in [2.45, 2.75) is 52.0 Å². The zero-order valence-corrected chi connectivity index (χ0v) is 19.1. The predicted molar refractivity (Wildman–Crippen MR) is 124 cm³/mol. The zero-order valence-electron chi connectivity index (χ0n) is 18.3. The van der Waals surface area contributed by atoms with Gasteiger partial charge in [0.05, 0.1) is 12.1 Å². The van der Waals surface area contributed by atoms with Crippen LogP contribution in [0, 0.1) is 12.8 Å². The molecule has 0 aliphatic carbocycles. The minimum absolute atomic E-state index is 0.0400. The molecule has 2 aliphatic heterocycles. The standard InChI is InChI=1S/C24H32N4O2S/c1-18-5-7-20(8-6-18)25-22(29)15-23-26-21(17-31-23)16-27-13-9-19(10-14-27)24(30)28-11-3-2-4-12-28/h5-8,17,19H,2-4,9-16H2,1H3,(H,25,29). The van der Waals surface area contributed by atoms with Crippen LogP contribution in [0.4, 0.5) is 5.69 Å². The summed E-state index contributed by atoms with van der Waals surface area (Å²) in [6.07, 6.45) is 5.73. The van der Waals surface area contributed by atoms with Crippen molar-refractivity contribution in [1.82, 2.24) is 14.8 Å². The van der Waals surface area contributed by atoms with Crippen molar-refractivity contribution in [3.63, 3.8) is 0 Å². The highest BCUT2D eigenvalue weighted by atomic mass is 32.1. The van der Waals surface area contributed by atoms with Gasteiger partial charge in [0.1, 0.15) is 5.01 Å². The summed E-state index contributed by atoms with van der Waals surface area (Å²) in [6.45, 7) is 6.57. The lowest BCUT2D eigenvalue weighted by Crippen LogP contribution is -2.44. The Hall–Kier alpha value is -2.25. The third kappa shape index (κ3) is 6.14. The normalized spacial score (nSPS) is 18.2. The number of aryl methyl sites for hydroxylation is 1. The maximum absolute atomic E-state index is 12.7. The Morgan fingerprint density at radius 1 is 1.06 bits per heavy atom. The highest BCUT2D eigenvalue weighted by Crippen LogP contribution is 2.23. The number of nitrogens with one attached hydrogen (secondary N) is 1. The van der Waals surface area contributed by atoms with E-state index in [1.807, 2.05) is 31.2 Å². The van der Waals surface area contributed by atoms with Gasteiger partial charge in [-0.2, -0.15) is 0 Å². The maximum atomic E-state index is 12.7. The number of carbonyl (C=O) groups excluding carboxylic acids is 2. The molecule has 1 N–H and O–H groups in total. The summed E-state index contributed by atoms with van der Waals surface area (Å²) in [5.74, 6) is 0.516. The van der Waals surface area contributed by atoms with Crippen molar-refractivity contribution >= 4 is 28.8 Å². The van der Waals surface area contributed by atoms with Gasteiger partial charge in [0.15, 0.2) is 0 Å². The van der Waals surface area contributed by atoms with Gasteiger partial charge in [0.25, 0.3) is 0 Å². The number of carbonyl (C=O) groups is 2. The van der Waals surface area contributed by atoms with Gasteiger partial charge in [0, 0.05) is 36.6 Å². The lowest BCUT2D eigenvalue weighted by molar-refractivity contribution is -0.138. The van der Waals surface area contributed by atoms with Crippen LogP contribution < -0.4 is 5.32 Å². The Morgan fingerprint density at radius 3 is 2.48 bits per heavy atom. The summed E-state index contributed by atoms with van der Waals surface area (Å²) in [6, 6.07) is 7.81. The predicted octanol–water partition coefficient (Wildman–Crippen LogP) is 3.86. The summed E-state index contributed by atoms with van der Waals surface area (Å²) in [7, 11) is 0. The number of nitrogens with zero attached hydrogens (tertiary/aromatic N) is 3. The van der Waals surface area contributed by atoms with Crippen molar-refractivity contribution in [1.29, 1.82) is 0 Å². The Kier molecular flexibility index (Phi) is 7.35. The van der Waals surface area contributed by atoms with Crippen molar-refractivity contribution in [3.05, 3.63) is 45.9 Å². The second-order valence-electron chi connectivity index (χ2n) is 8.76. The smallest absolute Gasteiger partial charge is 0.231 e. The number of thiazole rings is 1. The molecule has 2 amide bonds. The molecule has 0 atom stereocenters. The molecule has 166 valence electrons. The fourth-order valence-electron chi connectivity index (χ4n) is 4.42. The van der Waals surface area contributed by atoms with E-state index in [1.165, 1.54) is 12.0 Å². The van der Waals surface area contributed by atoms with Gasteiger partial charge >= 0.3 is 0 Å². The van der Waals surface area contributed by atoms with Gasteiger partial charge in [-0.1, -0.05) is 17.7 Å². The molecule has 0 spiro atoms. The van der Waals surface area contributed by atoms with Crippen molar-refractivity contribution in [2.24, 2.45) is 5.92 Å². The minimum Gasteiger partial charge on any atom is -0.342 e. The van der Waals surface area contributed by atoms with Crippen LogP contribution in [0.3, 0.4) is 0 Å². The molecule has 31 heavy (non-hydrogen) atoms. The first-order chi connectivity index (χ1) is 15.1. The number of likely N-dealkylation sites (tertiary alicyclic amines) is 2. The molecule has 0 saturated carbocycles. The number of piperidine rings is 2. The molecule has 1 aromatic carbocycles. The number of hydrogen-bond acceptors (Lipinski definition) is 5. The number of amides is 2. The molecule has 2 aliphatic rings. The Bertz CT molecular complexity index is 881. The number of anilines is 1. The van der Waals surface area contributed by atoms with E-state index in [-0.39, 0.29) is 11.8 Å². The monoisotopic (exact) mass is 440 g/mol. The highest BCUT2D eigenvalue weighted by molar-refractivity contribution is 7.09. The van der Waals surface area contributed by atoms with Gasteiger partial charge in [0.2, 0.25) is 11.8 Å². The Morgan fingerprint density at radius 2 is 1.77 bits per heavy atom. The molecule has 7 heteroatoms. The van der Waals surface area contributed by atoms with Gasteiger partial charge in [-0.05, 0) is 64.3 Å². The third-order valence-corrected chi connectivity index (χ3v) is 7.13. The average molecular weight is 441 g/mol. The number of hydrogen-bond donors (Lipinski definition) is 1. The van der Waals surface area contributed by atoms with E-state index in [4.69, 9.17) is 0 Å². The van der Waals surface area contributed by atoms with Gasteiger partial charge < -0.3 is 10.2 Å². The molecule has 0 bridgehead atoms. The lowest BCUT2D eigenvalue weighted by Gasteiger charge is -2.35. The molecule has 1 aromatic heterocycles. The van der Waals surface area contributed by atoms with E-state index in [2.05, 4.69) is 25.5 Å². The van der Waals surface area contributed by atoms with Crippen LogP contribution in [-0.2, 0) is 22.6 Å². The molecule has 3 heterocycles. The molecule has 6 nitrogen and oxygen atoms in total. The van der Waals surface area contributed by atoms with E-state index < -0.39 is 0 Å². The van der Waals surface area contributed by atoms with E-state index in [0.29, 0.717) is 12.3 Å². The molecule has 2 aromatic rings. The van der Waals surface area contributed by atoms with Gasteiger partial charge in [-0.15, -0.1) is 11.3 Å². The van der Waals surface area contributed by atoms with Crippen LogP contribution in [0.15, 0.2) is 29.6 Å². The molecule has 2 fully saturated rings. The molecular weight excluding hydrogens is 408 g/mol. The number of rotatable bonds is 6. The Labute approximate surface area is 188 Å². The average Bonchev–Trinajstić information content (AvgIpc) is 3.22.